The van der Waals surface area contributed by atoms with Crippen LogP contribution in [0.2, 0.25) is 0 Å². The van der Waals surface area contributed by atoms with E-state index >= 15 is 0 Å². The maximum atomic E-state index is 5.98. The average Bonchev–Trinajstić information content (AvgIpc) is 2.47. The first kappa shape index (κ1) is 13.3. The zero-order valence-electron chi connectivity index (χ0n) is 11.6. The summed E-state index contributed by atoms with van der Waals surface area (Å²) < 4.78 is 0. The van der Waals surface area contributed by atoms with Crippen LogP contribution in [0.1, 0.15) is 51.3 Å². The SMILES string of the molecule is CCC1CCN(c2ccc([C@H](N)CC)nc2)CC1. The first-order chi connectivity index (χ1) is 8.74. The molecule has 3 nitrogen and oxygen atoms in total. The summed E-state index contributed by atoms with van der Waals surface area (Å²) in [5, 5.41) is 0. The molecule has 1 saturated heterocycles. The van der Waals surface area contributed by atoms with Gasteiger partial charge in [0.25, 0.3) is 0 Å². The highest BCUT2D eigenvalue weighted by Crippen LogP contribution is 2.25. The van der Waals surface area contributed by atoms with Gasteiger partial charge in [-0.25, -0.2) is 0 Å². The van der Waals surface area contributed by atoms with Gasteiger partial charge >= 0.3 is 0 Å². The van der Waals surface area contributed by atoms with Gasteiger partial charge in [0.1, 0.15) is 0 Å². The van der Waals surface area contributed by atoms with Crippen molar-refractivity contribution in [3.63, 3.8) is 0 Å². The molecule has 0 spiro atoms. The molecule has 18 heavy (non-hydrogen) atoms. The van der Waals surface area contributed by atoms with E-state index in [-0.39, 0.29) is 6.04 Å². The van der Waals surface area contributed by atoms with E-state index in [1.165, 1.54) is 38.0 Å². The summed E-state index contributed by atoms with van der Waals surface area (Å²) in [6.45, 7) is 6.72. The molecule has 1 aliphatic heterocycles. The summed E-state index contributed by atoms with van der Waals surface area (Å²) in [4.78, 5) is 6.94. The second-order valence-electron chi connectivity index (χ2n) is 5.29. The molecular weight excluding hydrogens is 222 g/mol. The summed E-state index contributed by atoms with van der Waals surface area (Å²) in [5.74, 6) is 0.919. The molecule has 1 aromatic heterocycles. The van der Waals surface area contributed by atoms with Gasteiger partial charge in [0.15, 0.2) is 0 Å². The smallest absolute Gasteiger partial charge is 0.0572 e. The number of hydrogen-bond acceptors (Lipinski definition) is 3. The molecule has 100 valence electrons. The second kappa shape index (κ2) is 6.19. The van der Waals surface area contributed by atoms with Crippen molar-refractivity contribution < 1.29 is 0 Å². The van der Waals surface area contributed by atoms with Gasteiger partial charge in [0, 0.05) is 19.1 Å². The Morgan fingerprint density at radius 1 is 1.33 bits per heavy atom. The lowest BCUT2D eigenvalue weighted by molar-refractivity contribution is 0.395. The Morgan fingerprint density at radius 3 is 2.56 bits per heavy atom. The summed E-state index contributed by atoms with van der Waals surface area (Å²) in [7, 11) is 0. The van der Waals surface area contributed by atoms with Gasteiger partial charge in [-0.3, -0.25) is 4.98 Å². The molecule has 1 atom stereocenters. The molecule has 1 aliphatic rings. The highest BCUT2D eigenvalue weighted by molar-refractivity contribution is 5.45. The van der Waals surface area contributed by atoms with E-state index < -0.39 is 0 Å². The molecule has 0 aromatic carbocycles. The van der Waals surface area contributed by atoms with E-state index in [9.17, 15) is 0 Å². The van der Waals surface area contributed by atoms with E-state index in [2.05, 4.69) is 35.9 Å². The third-order valence-electron chi connectivity index (χ3n) is 4.15. The van der Waals surface area contributed by atoms with Crippen molar-refractivity contribution in [3.8, 4) is 0 Å². The highest BCUT2D eigenvalue weighted by atomic mass is 15.1. The van der Waals surface area contributed by atoms with Gasteiger partial charge in [-0.15, -0.1) is 0 Å². The van der Waals surface area contributed by atoms with Crippen molar-refractivity contribution >= 4 is 5.69 Å². The molecule has 1 aromatic rings. The summed E-state index contributed by atoms with van der Waals surface area (Å²) in [6, 6.07) is 4.32. The maximum absolute atomic E-state index is 5.98. The van der Waals surface area contributed by atoms with E-state index in [1.807, 2.05) is 6.20 Å². The van der Waals surface area contributed by atoms with Gasteiger partial charge in [0.05, 0.1) is 17.6 Å². The van der Waals surface area contributed by atoms with Crippen LogP contribution in [0.3, 0.4) is 0 Å². The number of piperidine rings is 1. The second-order valence-corrected chi connectivity index (χ2v) is 5.29. The van der Waals surface area contributed by atoms with Crippen LogP contribution >= 0.6 is 0 Å². The standard InChI is InChI=1S/C15H25N3/c1-3-12-7-9-18(10-8-12)13-5-6-15(17-11-13)14(16)4-2/h5-6,11-12,14H,3-4,7-10,16H2,1-2H3/t14-/m1/s1. The molecule has 0 saturated carbocycles. The predicted molar refractivity (Wildman–Crippen MR) is 76.7 cm³/mol. The lowest BCUT2D eigenvalue weighted by Gasteiger charge is -2.33. The Kier molecular flexibility index (Phi) is 4.59. The average molecular weight is 247 g/mol. The van der Waals surface area contributed by atoms with Crippen LogP contribution in [0.5, 0.6) is 0 Å². The fraction of sp³-hybridized carbons (Fsp3) is 0.667. The summed E-state index contributed by atoms with van der Waals surface area (Å²) in [5.41, 5.74) is 8.23. The lowest BCUT2D eigenvalue weighted by Crippen LogP contribution is -2.33. The topological polar surface area (TPSA) is 42.1 Å². The minimum Gasteiger partial charge on any atom is -0.370 e. The molecule has 0 aliphatic carbocycles. The number of pyridine rings is 1. The van der Waals surface area contributed by atoms with Gasteiger partial charge < -0.3 is 10.6 Å². The Hall–Kier alpha value is -1.09. The zero-order chi connectivity index (χ0) is 13.0. The van der Waals surface area contributed by atoms with Crippen molar-refractivity contribution in [1.82, 2.24) is 4.98 Å². The normalized spacial score (nSPS) is 18.9. The Bertz CT molecular complexity index is 353. The molecule has 2 heterocycles. The monoisotopic (exact) mass is 247 g/mol. The highest BCUT2D eigenvalue weighted by Gasteiger charge is 2.18. The summed E-state index contributed by atoms with van der Waals surface area (Å²) >= 11 is 0. The lowest BCUT2D eigenvalue weighted by atomic mass is 9.94. The van der Waals surface area contributed by atoms with Crippen LogP contribution in [0.15, 0.2) is 18.3 Å². The third-order valence-corrected chi connectivity index (χ3v) is 4.15. The Morgan fingerprint density at radius 2 is 2.06 bits per heavy atom. The zero-order valence-corrected chi connectivity index (χ0v) is 11.6. The van der Waals surface area contributed by atoms with Crippen LogP contribution < -0.4 is 10.6 Å². The quantitative estimate of drug-likeness (QED) is 0.889. The molecule has 0 bridgehead atoms. The van der Waals surface area contributed by atoms with Crippen LogP contribution in [-0.2, 0) is 0 Å². The van der Waals surface area contributed by atoms with Crippen molar-refractivity contribution in [2.45, 2.75) is 45.6 Å². The molecule has 0 unspecified atom stereocenters. The predicted octanol–water partition coefficient (Wildman–Crippen LogP) is 3.12. The minimum atomic E-state index is 0.0740. The van der Waals surface area contributed by atoms with Crippen molar-refractivity contribution in [1.29, 1.82) is 0 Å². The molecule has 3 heteroatoms. The first-order valence-electron chi connectivity index (χ1n) is 7.21. The number of hydrogen-bond donors (Lipinski definition) is 1. The van der Waals surface area contributed by atoms with Crippen molar-refractivity contribution in [2.24, 2.45) is 11.7 Å². The molecule has 0 amide bonds. The number of rotatable bonds is 4. The van der Waals surface area contributed by atoms with E-state index in [0.717, 1.165) is 18.0 Å². The van der Waals surface area contributed by atoms with E-state index in [4.69, 9.17) is 5.73 Å². The Balaban J connectivity index is 1.98. The largest absolute Gasteiger partial charge is 0.370 e. The number of anilines is 1. The fourth-order valence-corrected chi connectivity index (χ4v) is 2.61. The van der Waals surface area contributed by atoms with Gasteiger partial charge in [-0.1, -0.05) is 20.3 Å². The summed E-state index contributed by atoms with van der Waals surface area (Å²) in [6.07, 6.45) is 6.86. The van der Waals surface area contributed by atoms with E-state index in [0.29, 0.717) is 0 Å². The number of nitrogens with two attached hydrogens (primary N) is 1. The van der Waals surface area contributed by atoms with Gasteiger partial charge in [-0.2, -0.15) is 0 Å². The van der Waals surface area contributed by atoms with Crippen LogP contribution in [0.4, 0.5) is 5.69 Å². The Labute approximate surface area is 110 Å². The molecule has 0 radical (unpaired) electrons. The van der Waals surface area contributed by atoms with Crippen LogP contribution in [0.25, 0.3) is 0 Å². The number of aromatic nitrogens is 1. The molecular formula is C15H25N3. The number of nitrogens with zero attached hydrogens (tertiary/aromatic N) is 2. The van der Waals surface area contributed by atoms with Crippen LogP contribution in [-0.4, -0.2) is 18.1 Å². The van der Waals surface area contributed by atoms with Crippen molar-refractivity contribution in [2.75, 3.05) is 18.0 Å². The van der Waals surface area contributed by atoms with Crippen LogP contribution in [0, 0.1) is 5.92 Å². The van der Waals surface area contributed by atoms with Crippen molar-refractivity contribution in [3.05, 3.63) is 24.0 Å². The first-order valence-corrected chi connectivity index (χ1v) is 7.21. The van der Waals surface area contributed by atoms with E-state index in [1.54, 1.807) is 0 Å². The third kappa shape index (κ3) is 3.02. The fourth-order valence-electron chi connectivity index (χ4n) is 2.61. The minimum absolute atomic E-state index is 0.0740. The molecule has 1 fully saturated rings. The van der Waals surface area contributed by atoms with Gasteiger partial charge in [0.2, 0.25) is 0 Å². The molecule has 2 rings (SSSR count). The van der Waals surface area contributed by atoms with Gasteiger partial charge in [-0.05, 0) is 37.3 Å². The maximum Gasteiger partial charge on any atom is 0.0572 e. The molecule has 2 N–H and O–H groups in total.